The summed E-state index contributed by atoms with van der Waals surface area (Å²) in [7, 11) is -3.75. The van der Waals surface area contributed by atoms with Crippen LogP contribution in [0.5, 0.6) is 0 Å². The normalized spacial score (nSPS) is 11.3. The maximum atomic E-state index is 12.2. The number of hydrogen-bond donors (Lipinski definition) is 1. The minimum Gasteiger partial charge on any atom is -0.262 e. The van der Waals surface area contributed by atoms with E-state index in [0.717, 1.165) is 4.47 Å². The maximum absolute atomic E-state index is 12.2. The summed E-state index contributed by atoms with van der Waals surface area (Å²) in [6, 6.07) is 7.94. The minimum absolute atomic E-state index is 0.0963. The Morgan fingerprint density at radius 3 is 2.58 bits per heavy atom. The second-order valence-corrected chi connectivity index (χ2v) is 7.34. The molecule has 1 aromatic heterocycles. The van der Waals surface area contributed by atoms with Crippen LogP contribution in [0.25, 0.3) is 0 Å². The molecule has 19 heavy (non-hydrogen) atoms. The highest BCUT2D eigenvalue weighted by molar-refractivity contribution is 9.11. The largest absolute Gasteiger partial charge is 0.264 e. The van der Waals surface area contributed by atoms with Crippen LogP contribution in [-0.4, -0.2) is 13.4 Å². The fraction of sp³-hybridized carbons (Fsp3) is 0. The molecule has 2 rings (SSSR count). The van der Waals surface area contributed by atoms with Gasteiger partial charge in [0.1, 0.15) is 4.90 Å². The molecule has 0 atom stereocenters. The highest BCUT2D eigenvalue weighted by Crippen LogP contribution is 2.28. The van der Waals surface area contributed by atoms with Gasteiger partial charge in [0, 0.05) is 15.1 Å². The Morgan fingerprint density at radius 2 is 1.95 bits per heavy atom. The van der Waals surface area contributed by atoms with Crippen LogP contribution in [0.15, 0.2) is 50.4 Å². The average molecular weight is 427 g/mol. The van der Waals surface area contributed by atoms with Gasteiger partial charge in [-0.3, -0.25) is 4.72 Å². The third-order valence-corrected chi connectivity index (χ3v) is 5.29. The number of benzene rings is 1. The lowest BCUT2D eigenvalue weighted by Crippen LogP contribution is -2.14. The van der Waals surface area contributed by atoms with Gasteiger partial charge in [-0.1, -0.05) is 27.5 Å². The molecule has 0 amide bonds. The number of anilines is 1. The highest BCUT2D eigenvalue weighted by Gasteiger charge is 2.19. The quantitative estimate of drug-likeness (QED) is 0.805. The van der Waals surface area contributed by atoms with E-state index in [9.17, 15) is 8.42 Å². The van der Waals surface area contributed by atoms with Gasteiger partial charge < -0.3 is 0 Å². The Kier molecular flexibility index (Phi) is 4.50. The van der Waals surface area contributed by atoms with E-state index in [0.29, 0.717) is 4.47 Å². The van der Waals surface area contributed by atoms with E-state index in [1.807, 2.05) is 0 Å². The number of hydrogen-bond acceptors (Lipinski definition) is 3. The summed E-state index contributed by atoms with van der Waals surface area (Å²) in [5, 5.41) is 0.235. The van der Waals surface area contributed by atoms with Gasteiger partial charge in [0.15, 0.2) is 5.82 Å². The lowest BCUT2D eigenvalue weighted by molar-refractivity contribution is 0.600. The van der Waals surface area contributed by atoms with E-state index in [-0.39, 0.29) is 15.7 Å². The van der Waals surface area contributed by atoms with Crippen molar-refractivity contribution in [1.29, 1.82) is 0 Å². The summed E-state index contributed by atoms with van der Waals surface area (Å²) < 4.78 is 28.0. The lowest BCUT2D eigenvalue weighted by Gasteiger charge is -2.10. The topological polar surface area (TPSA) is 59.1 Å². The van der Waals surface area contributed by atoms with E-state index in [2.05, 4.69) is 41.6 Å². The van der Waals surface area contributed by atoms with Crippen molar-refractivity contribution in [3.63, 3.8) is 0 Å². The molecule has 1 aromatic carbocycles. The van der Waals surface area contributed by atoms with Crippen molar-refractivity contribution in [2.24, 2.45) is 0 Å². The summed E-state index contributed by atoms with van der Waals surface area (Å²) in [6.07, 6.45) is 1.46. The van der Waals surface area contributed by atoms with Gasteiger partial charge in [0.25, 0.3) is 10.0 Å². The van der Waals surface area contributed by atoms with Crippen LogP contribution in [-0.2, 0) is 10.0 Å². The van der Waals surface area contributed by atoms with Crippen LogP contribution in [0.4, 0.5) is 5.82 Å². The van der Waals surface area contributed by atoms with Crippen LogP contribution in [0.3, 0.4) is 0 Å². The van der Waals surface area contributed by atoms with Gasteiger partial charge in [-0.2, -0.15) is 0 Å². The summed E-state index contributed by atoms with van der Waals surface area (Å²) >= 11 is 12.3. The summed E-state index contributed by atoms with van der Waals surface area (Å²) in [4.78, 5) is 4.00. The van der Waals surface area contributed by atoms with Crippen molar-refractivity contribution in [1.82, 2.24) is 4.98 Å². The lowest BCUT2D eigenvalue weighted by atomic mass is 10.4. The number of aromatic nitrogens is 1. The van der Waals surface area contributed by atoms with Gasteiger partial charge in [-0.25, -0.2) is 13.4 Å². The SMILES string of the molecule is O=S(=O)(Nc1ncccc1Cl)c1ccc(Br)cc1Br. The Morgan fingerprint density at radius 1 is 1.21 bits per heavy atom. The highest BCUT2D eigenvalue weighted by atomic mass is 79.9. The standard InChI is InChI=1S/C11H7Br2ClN2O2S/c12-7-3-4-10(8(13)6-7)19(17,18)16-11-9(14)2-1-5-15-11/h1-6H,(H,15,16). The average Bonchev–Trinajstić information content (AvgIpc) is 2.31. The Balaban J connectivity index is 2.41. The number of pyridine rings is 1. The predicted octanol–water partition coefficient (Wildman–Crippen LogP) is 4.06. The summed E-state index contributed by atoms with van der Waals surface area (Å²) in [6.45, 7) is 0. The molecule has 8 heteroatoms. The molecule has 1 heterocycles. The first-order valence-electron chi connectivity index (χ1n) is 4.98. The van der Waals surface area contributed by atoms with E-state index in [1.54, 1.807) is 24.3 Å². The maximum Gasteiger partial charge on any atom is 0.264 e. The van der Waals surface area contributed by atoms with Crippen molar-refractivity contribution in [2.45, 2.75) is 4.90 Å². The van der Waals surface area contributed by atoms with Crippen molar-refractivity contribution in [2.75, 3.05) is 4.72 Å². The Hall–Kier alpha value is -0.630. The summed E-state index contributed by atoms with van der Waals surface area (Å²) in [5.74, 6) is 0.0963. The van der Waals surface area contributed by atoms with E-state index >= 15 is 0 Å². The van der Waals surface area contributed by atoms with Crippen LogP contribution in [0.2, 0.25) is 5.02 Å². The third kappa shape index (κ3) is 3.47. The second kappa shape index (κ2) is 5.78. The molecule has 0 aliphatic carbocycles. The van der Waals surface area contributed by atoms with E-state index in [1.165, 1.54) is 12.3 Å². The number of halogens is 3. The zero-order chi connectivity index (χ0) is 14.0. The number of rotatable bonds is 3. The second-order valence-electron chi connectivity index (χ2n) is 3.51. The minimum atomic E-state index is -3.75. The van der Waals surface area contributed by atoms with Crippen molar-refractivity contribution >= 4 is 59.3 Å². The first-order chi connectivity index (χ1) is 8.90. The fourth-order valence-electron chi connectivity index (χ4n) is 1.34. The van der Waals surface area contributed by atoms with Crippen molar-refractivity contribution in [3.8, 4) is 0 Å². The third-order valence-electron chi connectivity index (χ3n) is 2.17. The molecule has 1 N–H and O–H groups in total. The van der Waals surface area contributed by atoms with Crippen LogP contribution < -0.4 is 4.72 Å². The van der Waals surface area contributed by atoms with E-state index < -0.39 is 10.0 Å². The van der Waals surface area contributed by atoms with E-state index in [4.69, 9.17) is 11.6 Å². The smallest absolute Gasteiger partial charge is 0.262 e. The number of sulfonamides is 1. The molecular formula is C11H7Br2ClN2O2S. The molecule has 0 unspecified atom stereocenters. The Bertz CT molecular complexity index is 722. The van der Waals surface area contributed by atoms with Gasteiger partial charge >= 0.3 is 0 Å². The predicted molar refractivity (Wildman–Crippen MR) is 81.9 cm³/mol. The molecule has 4 nitrogen and oxygen atoms in total. The molecule has 0 radical (unpaired) electrons. The van der Waals surface area contributed by atoms with Gasteiger partial charge in [-0.05, 0) is 46.3 Å². The molecule has 0 saturated carbocycles. The molecule has 2 aromatic rings. The molecule has 0 bridgehead atoms. The molecule has 0 fully saturated rings. The molecule has 0 aliphatic rings. The van der Waals surface area contributed by atoms with Gasteiger partial charge in [-0.15, -0.1) is 0 Å². The van der Waals surface area contributed by atoms with Crippen LogP contribution in [0.1, 0.15) is 0 Å². The first-order valence-corrected chi connectivity index (χ1v) is 8.43. The molecule has 0 saturated heterocycles. The molecular weight excluding hydrogens is 419 g/mol. The molecule has 0 spiro atoms. The molecule has 0 aliphatic heterocycles. The fourth-order valence-corrected chi connectivity index (χ4v) is 4.34. The zero-order valence-electron chi connectivity index (χ0n) is 9.27. The van der Waals surface area contributed by atoms with Crippen molar-refractivity contribution in [3.05, 3.63) is 50.5 Å². The monoisotopic (exact) mass is 424 g/mol. The van der Waals surface area contributed by atoms with Gasteiger partial charge in [0.2, 0.25) is 0 Å². The first kappa shape index (κ1) is 14.8. The van der Waals surface area contributed by atoms with Crippen molar-refractivity contribution < 1.29 is 8.42 Å². The van der Waals surface area contributed by atoms with Crippen LogP contribution in [0, 0.1) is 0 Å². The number of nitrogens with zero attached hydrogens (tertiary/aromatic N) is 1. The molecule has 100 valence electrons. The zero-order valence-corrected chi connectivity index (χ0v) is 14.0. The van der Waals surface area contributed by atoms with Gasteiger partial charge in [0.05, 0.1) is 5.02 Å². The van der Waals surface area contributed by atoms with Crippen LogP contribution >= 0.6 is 43.5 Å². The summed E-state index contributed by atoms with van der Waals surface area (Å²) in [5.41, 5.74) is 0. The number of nitrogens with one attached hydrogen (secondary N) is 1. The Labute approximate surface area is 132 Å².